The Balaban J connectivity index is 2.06. The van der Waals surface area contributed by atoms with Crippen LogP contribution in [-0.2, 0) is 11.3 Å². The van der Waals surface area contributed by atoms with Gasteiger partial charge in [-0.3, -0.25) is 4.79 Å². The van der Waals surface area contributed by atoms with Crippen LogP contribution < -0.4 is 5.32 Å². The summed E-state index contributed by atoms with van der Waals surface area (Å²) in [6, 6.07) is 5.73. The third-order valence-electron chi connectivity index (χ3n) is 3.66. The van der Waals surface area contributed by atoms with Gasteiger partial charge in [-0.25, -0.2) is 0 Å². The second kappa shape index (κ2) is 6.12. The normalized spacial score (nSPS) is 22.5. The number of halogens is 2. The Hall–Kier alpha value is -0.770. The summed E-state index contributed by atoms with van der Waals surface area (Å²) in [7, 11) is 1.81. The largest absolute Gasteiger partial charge is 0.341 e. The Morgan fingerprint density at radius 3 is 2.84 bits per heavy atom. The van der Waals surface area contributed by atoms with Crippen LogP contribution in [0.3, 0.4) is 0 Å². The van der Waals surface area contributed by atoms with Crippen molar-refractivity contribution in [3.63, 3.8) is 0 Å². The van der Waals surface area contributed by atoms with Gasteiger partial charge < -0.3 is 10.2 Å². The number of hydrogen-bond donors (Lipinski definition) is 1. The quantitative estimate of drug-likeness (QED) is 0.931. The summed E-state index contributed by atoms with van der Waals surface area (Å²) in [5, 5.41) is 4.35. The molecular formula is C14H18Cl2N2O. The molecule has 1 N–H and O–H groups in total. The zero-order chi connectivity index (χ0) is 14.0. The number of nitrogens with one attached hydrogen (secondary N) is 1. The Bertz CT molecular complexity index is 479. The van der Waals surface area contributed by atoms with Crippen LogP contribution in [0.4, 0.5) is 0 Å². The van der Waals surface area contributed by atoms with Gasteiger partial charge in [0.15, 0.2) is 0 Å². The third kappa shape index (κ3) is 3.22. The first-order valence-corrected chi connectivity index (χ1v) is 7.17. The van der Waals surface area contributed by atoms with Gasteiger partial charge in [0.2, 0.25) is 5.91 Å². The molecule has 0 aromatic heterocycles. The van der Waals surface area contributed by atoms with Crippen LogP contribution in [0.1, 0.15) is 18.9 Å². The Morgan fingerprint density at radius 2 is 2.21 bits per heavy atom. The second-order valence-corrected chi connectivity index (χ2v) is 5.83. The van der Waals surface area contributed by atoms with Crippen molar-refractivity contribution in [2.75, 3.05) is 13.6 Å². The minimum absolute atomic E-state index is 0.0583. The van der Waals surface area contributed by atoms with Gasteiger partial charge in [0.1, 0.15) is 0 Å². The molecule has 1 amide bonds. The van der Waals surface area contributed by atoms with E-state index in [1.165, 1.54) is 0 Å². The first kappa shape index (κ1) is 14.6. The van der Waals surface area contributed by atoms with Crippen LogP contribution in [0.5, 0.6) is 0 Å². The van der Waals surface area contributed by atoms with Gasteiger partial charge >= 0.3 is 0 Å². The standard InChI is InChI=1S/C14H18Cl2N2O/c1-9-11(6-7-17-9)14(19)18(2)8-10-4-3-5-12(15)13(10)16/h3-5,9,11,17H,6-8H2,1-2H3. The van der Waals surface area contributed by atoms with Gasteiger partial charge in [-0.2, -0.15) is 0 Å². The smallest absolute Gasteiger partial charge is 0.227 e. The molecule has 0 saturated carbocycles. The molecule has 2 rings (SSSR count). The van der Waals surface area contributed by atoms with Crippen LogP contribution in [0, 0.1) is 5.92 Å². The number of rotatable bonds is 3. The van der Waals surface area contributed by atoms with Gasteiger partial charge in [0.05, 0.1) is 16.0 Å². The van der Waals surface area contributed by atoms with E-state index in [9.17, 15) is 4.79 Å². The molecule has 3 nitrogen and oxygen atoms in total. The van der Waals surface area contributed by atoms with Crippen molar-refractivity contribution in [1.29, 1.82) is 0 Å². The summed E-state index contributed by atoms with van der Waals surface area (Å²) in [5.74, 6) is 0.219. The van der Waals surface area contributed by atoms with E-state index >= 15 is 0 Å². The highest BCUT2D eigenvalue weighted by Gasteiger charge is 2.31. The van der Waals surface area contributed by atoms with Gasteiger partial charge in [-0.05, 0) is 31.5 Å². The SMILES string of the molecule is CC1NCCC1C(=O)N(C)Cc1cccc(Cl)c1Cl. The topological polar surface area (TPSA) is 32.3 Å². The van der Waals surface area contributed by atoms with Gasteiger partial charge in [-0.1, -0.05) is 35.3 Å². The summed E-state index contributed by atoms with van der Waals surface area (Å²) < 4.78 is 0. The van der Waals surface area contributed by atoms with E-state index in [1.54, 1.807) is 11.0 Å². The predicted octanol–water partition coefficient (Wildman–Crippen LogP) is 2.95. The molecule has 0 radical (unpaired) electrons. The van der Waals surface area contributed by atoms with Gasteiger partial charge in [0.25, 0.3) is 0 Å². The third-order valence-corrected chi connectivity index (χ3v) is 4.52. The number of carbonyl (C=O) groups excluding carboxylic acids is 1. The monoisotopic (exact) mass is 300 g/mol. The maximum atomic E-state index is 12.4. The van der Waals surface area contributed by atoms with Crippen molar-refractivity contribution in [2.45, 2.75) is 25.9 Å². The maximum Gasteiger partial charge on any atom is 0.227 e. The van der Waals surface area contributed by atoms with Crippen molar-refractivity contribution in [1.82, 2.24) is 10.2 Å². The summed E-state index contributed by atoms with van der Waals surface area (Å²) >= 11 is 12.1. The molecular weight excluding hydrogens is 283 g/mol. The average molecular weight is 301 g/mol. The summed E-state index contributed by atoms with van der Waals surface area (Å²) in [5.41, 5.74) is 0.878. The highest BCUT2D eigenvalue weighted by Crippen LogP contribution is 2.27. The first-order valence-electron chi connectivity index (χ1n) is 6.42. The molecule has 0 spiro atoms. The Labute approximate surface area is 123 Å². The number of carbonyl (C=O) groups is 1. The molecule has 1 saturated heterocycles. The average Bonchev–Trinajstić information content (AvgIpc) is 2.80. The van der Waals surface area contributed by atoms with E-state index in [-0.39, 0.29) is 17.9 Å². The molecule has 1 aromatic rings. The lowest BCUT2D eigenvalue weighted by Crippen LogP contribution is -2.37. The number of benzene rings is 1. The van der Waals surface area contributed by atoms with Crippen molar-refractivity contribution < 1.29 is 4.79 Å². The molecule has 2 unspecified atom stereocenters. The van der Waals surface area contributed by atoms with Crippen LogP contribution in [0.25, 0.3) is 0 Å². The fourth-order valence-electron chi connectivity index (χ4n) is 2.48. The molecule has 1 aliphatic heterocycles. The van der Waals surface area contributed by atoms with Crippen molar-refractivity contribution in [2.24, 2.45) is 5.92 Å². The molecule has 5 heteroatoms. The number of amides is 1. The lowest BCUT2D eigenvalue weighted by molar-refractivity contribution is -0.134. The predicted molar refractivity (Wildman–Crippen MR) is 78.5 cm³/mol. The minimum atomic E-state index is 0.0583. The van der Waals surface area contributed by atoms with E-state index in [1.807, 2.05) is 19.2 Å². The van der Waals surface area contributed by atoms with E-state index < -0.39 is 0 Å². The Morgan fingerprint density at radius 1 is 1.47 bits per heavy atom. The Kier molecular flexibility index (Phi) is 4.71. The number of hydrogen-bond acceptors (Lipinski definition) is 2. The zero-order valence-electron chi connectivity index (χ0n) is 11.1. The molecule has 1 fully saturated rings. The number of nitrogens with zero attached hydrogens (tertiary/aromatic N) is 1. The first-order chi connectivity index (χ1) is 9.00. The van der Waals surface area contributed by atoms with Crippen molar-refractivity contribution in [3.8, 4) is 0 Å². The summed E-state index contributed by atoms with van der Waals surface area (Å²) in [6.07, 6.45) is 0.896. The second-order valence-electron chi connectivity index (χ2n) is 5.05. The molecule has 104 valence electrons. The lowest BCUT2D eigenvalue weighted by atomic mass is 10.0. The fourth-order valence-corrected chi connectivity index (χ4v) is 2.86. The van der Waals surface area contributed by atoms with E-state index in [0.29, 0.717) is 16.6 Å². The van der Waals surface area contributed by atoms with Crippen LogP contribution in [0.2, 0.25) is 10.0 Å². The van der Waals surface area contributed by atoms with Gasteiger partial charge in [-0.15, -0.1) is 0 Å². The highest BCUT2D eigenvalue weighted by molar-refractivity contribution is 6.42. The fraction of sp³-hybridized carbons (Fsp3) is 0.500. The molecule has 0 aliphatic carbocycles. The van der Waals surface area contributed by atoms with E-state index in [0.717, 1.165) is 18.5 Å². The molecule has 19 heavy (non-hydrogen) atoms. The van der Waals surface area contributed by atoms with Crippen molar-refractivity contribution in [3.05, 3.63) is 33.8 Å². The summed E-state index contributed by atoms with van der Waals surface area (Å²) in [4.78, 5) is 14.1. The van der Waals surface area contributed by atoms with Crippen LogP contribution >= 0.6 is 23.2 Å². The maximum absolute atomic E-state index is 12.4. The summed E-state index contributed by atoms with van der Waals surface area (Å²) in [6.45, 7) is 3.44. The molecule has 1 aromatic carbocycles. The zero-order valence-corrected chi connectivity index (χ0v) is 12.6. The molecule has 0 bridgehead atoms. The van der Waals surface area contributed by atoms with Crippen LogP contribution in [0.15, 0.2) is 18.2 Å². The van der Waals surface area contributed by atoms with Crippen molar-refractivity contribution >= 4 is 29.1 Å². The van der Waals surface area contributed by atoms with Gasteiger partial charge in [0, 0.05) is 19.6 Å². The molecule has 1 heterocycles. The van der Waals surface area contributed by atoms with E-state index in [4.69, 9.17) is 23.2 Å². The lowest BCUT2D eigenvalue weighted by Gasteiger charge is -2.23. The minimum Gasteiger partial charge on any atom is -0.341 e. The highest BCUT2D eigenvalue weighted by atomic mass is 35.5. The van der Waals surface area contributed by atoms with Crippen LogP contribution in [-0.4, -0.2) is 30.4 Å². The molecule has 2 atom stereocenters. The molecule has 1 aliphatic rings. The van der Waals surface area contributed by atoms with E-state index in [2.05, 4.69) is 12.2 Å².